The molecule has 10 nitrogen and oxygen atoms in total. The van der Waals surface area contributed by atoms with Crippen LogP contribution in [0.5, 0.6) is 17.2 Å². The highest BCUT2D eigenvalue weighted by Crippen LogP contribution is 2.34. The van der Waals surface area contributed by atoms with Crippen molar-refractivity contribution in [3.8, 4) is 17.2 Å². The highest BCUT2D eigenvalue weighted by Gasteiger charge is 2.37. The number of methoxy groups -OCH3 is 1. The minimum atomic E-state index is -0.937. The van der Waals surface area contributed by atoms with Crippen LogP contribution in [-0.4, -0.2) is 44.1 Å². The molecule has 3 aromatic rings. The molecule has 1 aliphatic rings. The maximum absolute atomic E-state index is 13.5. The Hall–Kier alpha value is -4.25. The molecule has 0 radical (unpaired) electrons. The molecule has 0 spiro atoms. The minimum Gasteiger partial charge on any atom is -0.493 e. The molecule has 5 amide bonds. The van der Waals surface area contributed by atoms with Crippen LogP contribution in [0, 0.1) is 0 Å². The van der Waals surface area contributed by atoms with Gasteiger partial charge in [0.05, 0.1) is 29.4 Å². The second-order valence-electron chi connectivity index (χ2n) is 8.79. The van der Waals surface area contributed by atoms with Crippen LogP contribution in [0.2, 0.25) is 15.1 Å². The number of benzene rings is 3. The van der Waals surface area contributed by atoms with Crippen molar-refractivity contribution in [2.75, 3.05) is 30.5 Å². The Bertz CT molecular complexity index is 1590. The third-order valence-corrected chi connectivity index (χ3v) is 6.78. The summed E-state index contributed by atoms with van der Waals surface area (Å²) >= 11 is 18.1. The molecule has 0 aromatic heterocycles. The first-order valence-electron chi connectivity index (χ1n) is 12.5. The Balaban J connectivity index is 1.58. The van der Waals surface area contributed by atoms with Crippen molar-refractivity contribution < 1.29 is 33.4 Å². The monoisotopic (exact) mass is 631 g/mol. The molecule has 0 aliphatic carbocycles. The molecule has 1 saturated heterocycles. The van der Waals surface area contributed by atoms with Crippen molar-refractivity contribution in [2.45, 2.75) is 13.3 Å². The fourth-order valence-electron chi connectivity index (χ4n) is 3.85. The van der Waals surface area contributed by atoms with E-state index in [1.165, 1.54) is 55.7 Å². The van der Waals surface area contributed by atoms with E-state index in [0.717, 1.165) is 11.3 Å². The number of nitrogens with one attached hydrogen (secondary N) is 2. The van der Waals surface area contributed by atoms with Gasteiger partial charge in [-0.15, -0.1) is 0 Å². The van der Waals surface area contributed by atoms with Gasteiger partial charge in [-0.1, -0.05) is 41.7 Å². The number of hydrogen-bond donors (Lipinski definition) is 2. The van der Waals surface area contributed by atoms with Gasteiger partial charge in [0.15, 0.2) is 18.1 Å². The van der Waals surface area contributed by atoms with E-state index < -0.39 is 30.4 Å². The summed E-state index contributed by atoms with van der Waals surface area (Å²) in [6, 6.07) is 12.6. The van der Waals surface area contributed by atoms with Crippen molar-refractivity contribution in [1.82, 2.24) is 5.32 Å². The van der Waals surface area contributed by atoms with E-state index in [4.69, 9.17) is 49.0 Å². The summed E-state index contributed by atoms with van der Waals surface area (Å²) in [5.74, 6) is -1.43. The normalized spacial score (nSPS) is 14.1. The molecule has 0 atom stereocenters. The first-order valence-corrected chi connectivity index (χ1v) is 13.6. The molecule has 218 valence electrons. The van der Waals surface area contributed by atoms with Gasteiger partial charge in [0, 0.05) is 22.3 Å². The highest BCUT2D eigenvalue weighted by atomic mass is 35.5. The zero-order valence-corrected chi connectivity index (χ0v) is 24.6. The number of nitrogens with zero attached hydrogens (tertiary/aromatic N) is 1. The summed E-state index contributed by atoms with van der Waals surface area (Å²) in [7, 11) is 1.43. The summed E-state index contributed by atoms with van der Waals surface area (Å²) in [5, 5.41) is 5.67. The van der Waals surface area contributed by atoms with E-state index >= 15 is 0 Å². The highest BCUT2D eigenvalue weighted by molar-refractivity contribution is 6.42. The fraction of sp³-hybridized carbons (Fsp3) is 0.172. The lowest BCUT2D eigenvalue weighted by atomic mass is 10.1. The van der Waals surface area contributed by atoms with Crippen LogP contribution in [0.3, 0.4) is 0 Å². The Morgan fingerprint density at radius 1 is 0.929 bits per heavy atom. The van der Waals surface area contributed by atoms with Gasteiger partial charge < -0.3 is 19.5 Å². The molecule has 1 heterocycles. The van der Waals surface area contributed by atoms with E-state index in [1.807, 2.05) is 6.92 Å². The average molecular weight is 633 g/mol. The van der Waals surface area contributed by atoms with Gasteiger partial charge in [-0.2, -0.15) is 0 Å². The predicted molar refractivity (Wildman–Crippen MR) is 160 cm³/mol. The van der Waals surface area contributed by atoms with Gasteiger partial charge in [-0.25, -0.2) is 9.69 Å². The Morgan fingerprint density at radius 2 is 1.69 bits per heavy atom. The number of anilines is 2. The quantitative estimate of drug-likeness (QED) is 0.204. The summed E-state index contributed by atoms with van der Waals surface area (Å²) in [4.78, 5) is 52.2. The summed E-state index contributed by atoms with van der Waals surface area (Å²) in [6.07, 6.45) is 2.00. The molecule has 2 N–H and O–H groups in total. The first kappa shape index (κ1) is 30.7. The minimum absolute atomic E-state index is 0.151. The standard InChI is InChI=1S/C29H24Cl3N3O7/c1-3-10-41-24-9-6-19(14-25(24)40-2)35-28(38)20(27(37)34-29(35)39)12-16-11-17(30)4-8-23(16)42-15-26(36)33-18-5-7-21(31)22(32)13-18/h4-9,11-14H,3,10,15H2,1-2H3,(H,33,36)(H,34,37,39)/b20-12-. The SMILES string of the molecule is CCCOc1ccc(N2C(=O)NC(=O)/C(=C/c3cc(Cl)ccc3OCC(=O)Nc3ccc(Cl)c(Cl)c3)C2=O)cc1OC. The second-order valence-corrected chi connectivity index (χ2v) is 10.0. The summed E-state index contributed by atoms with van der Waals surface area (Å²) < 4.78 is 16.7. The molecule has 1 fully saturated rings. The van der Waals surface area contributed by atoms with Crippen molar-refractivity contribution in [3.63, 3.8) is 0 Å². The number of barbiturate groups is 1. The lowest BCUT2D eigenvalue weighted by Gasteiger charge is -2.27. The van der Waals surface area contributed by atoms with Gasteiger partial charge in [-0.05, 0) is 61.0 Å². The van der Waals surface area contributed by atoms with E-state index in [0.29, 0.717) is 28.8 Å². The molecule has 13 heteroatoms. The predicted octanol–water partition coefficient (Wildman–Crippen LogP) is 6.13. The maximum Gasteiger partial charge on any atom is 0.335 e. The number of imide groups is 2. The van der Waals surface area contributed by atoms with Gasteiger partial charge in [0.1, 0.15) is 11.3 Å². The molecule has 1 aliphatic heterocycles. The van der Waals surface area contributed by atoms with Gasteiger partial charge in [-0.3, -0.25) is 19.7 Å². The van der Waals surface area contributed by atoms with Crippen LogP contribution >= 0.6 is 34.8 Å². The number of urea groups is 1. The molecule has 42 heavy (non-hydrogen) atoms. The molecular weight excluding hydrogens is 609 g/mol. The first-order chi connectivity index (χ1) is 20.1. The summed E-state index contributed by atoms with van der Waals surface area (Å²) in [6.45, 7) is 1.97. The van der Waals surface area contributed by atoms with Crippen LogP contribution in [0.4, 0.5) is 16.2 Å². The van der Waals surface area contributed by atoms with Crippen molar-refractivity contribution in [1.29, 1.82) is 0 Å². The van der Waals surface area contributed by atoms with Crippen LogP contribution in [0.15, 0.2) is 60.2 Å². The second kappa shape index (κ2) is 13.6. The van der Waals surface area contributed by atoms with Crippen LogP contribution in [0.1, 0.15) is 18.9 Å². The van der Waals surface area contributed by atoms with Gasteiger partial charge in [0.2, 0.25) is 0 Å². The van der Waals surface area contributed by atoms with Gasteiger partial charge in [0.25, 0.3) is 17.7 Å². The lowest BCUT2D eigenvalue weighted by Crippen LogP contribution is -2.54. The van der Waals surface area contributed by atoms with Gasteiger partial charge >= 0.3 is 6.03 Å². The topological polar surface area (TPSA) is 123 Å². The van der Waals surface area contributed by atoms with Crippen molar-refractivity contribution in [2.24, 2.45) is 0 Å². The third-order valence-electron chi connectivity index (χ3n) is 5.80. The number of hydrogen-bond acceptors (Lipinski definition) is 7. The van der Waals surface area contributed by atoms with Crippen molar-refractivity contribution >= 4 is 76.0 Å². The van der Waals surface area contributed by atoms with Crippen LogP contribution < -0.4 is 29.7 Å². The molecule has 3 aromatic carbocycles. The Labute approximate surface area is 256 Å². The smallest absolute Gasteiger partial charge is 0.335 e. The average Bonchev–Trinajstić information content (AvgIpc) is 2.95. The number of halogens is 3. The number of rotatable bonds is 10. The maximum atomic E-state index is 13.5. The Kier molecular flexibility index (Phi) is 9.95. The fourth-order valence-corrected chi connectivity index (χ4v) is 4.33. The van der Waals surface area contributed by atoms with E-state index in [2.05, 4.69) is 10.6 Å². The molecule has 0 saturated carbocycles. The third kappa shape index (κ3) is 7.14. The van der Waals surface area contributed by atoms with Crippen molar-refractivity contribution in [3.05, 3.63) is 80.8 Å². The number of carbonyl (C=O) groups excluding carboxylic acids is 4. The van der Waals surface area contributed by atoms with E-state index in [1.54, 1.807) is 12.1 Å². The lowest BCUT2D eigenvalue weighted by molar-refractivity contribution is -0.122. The molecule has 0 bridgehead atoms. The van der Waals surface area contributed by atoms with E-state index in [-0.39, 0.29) is 32.6 Å². The molecule has 0 unspecified atom stereocenters. The summed E-state index contributed by atoms with van der Waals surface area (Å²) in [5.41, 5.74) is 0.413. The van der Waals surface area contributed by atoms with E-state index in [9.17, 15) is 19.2 Å². The van der Waals surface area contributed by atoms with Crippen LogP contribution in [0.25, 0.3) is 6.08 Å². The Morgan fingerprint density at radius 3 is 2.40 bits per heavy atom. The van der Waals surface area contributed by atoms with Crippen LogP contribution in [-0.2, 0) is 14.4 Å². The number of ether oxygens (including phenoxy) is 3. The number of amides is 5. The largest absolute Gasteiger partial charge is 0.493 e. The number of carbonyl (C=O) groups is 4. The molecular formula is C29H24Cl3N3O7. The zero-order chi connectivity index (χ0) is 30.4. The molecule has 4 rings (SSSR count). The zero-order valence-electron chi connectivity index (χ0n) is 22.3.